The van der Waals surface area contributed by atoms with Crippen LogP contribution in [0.25, 0.3) is 0 Å². The number of methoxy groups -OCH3 is 1. The number of ether oxygens (including phenoxy) is 1. The summed E-state index contributed by atoms with van der Waals surface area (Å²) in [4.78, 5) is 25.3. The van der Waals surface area contributed by atoms with Gasteiger partial charge in [0, 0.05) is 50.6 Å². The Balaban J connectivity index is 1.79. The zero-order valence-electron chi connectivity index (χ0n) is 16.1. The molecule has 2 N–H and O–H groups in total. The normalized spacial score (nSPS) is 14.5. The van der Waals surface area contributed by atoms with Gasteiger partial charge in [0.15, 0.2) is 11.0 Å². The fraction of sp³-hybridized carbons (Fsp3) is 0.529. The zero-order valence-corrected chi connectivity index (χ0v) is 16.9. The third kappa shape index (κ3) is 4.51. The number of piperazine rings is 1. The number of nitrogens with one attached hydrogen (secondary N) is 2. The van der Waals surface area contributed by atoms with Crippen molar-refractivity contribution in [3.8, 4) is 0 Å². The average Bonchev–Trinajstić information content (AvgIpc) is 3.08. The smallest absolute Gasteiger partial charge is 0.248 e. The van der Waals surface area contributed by atoms with Crippen LogP contribution in [0.2, 0.25) is 0 Å². The van der Waals surface area contributed by atoms with Crippen LogP contribution in [-0.2, 0) is 9.53 Å². The van der Waals surface area contributed by atoms with Gasteiger partial charge in [0.05, 0.1) is 0 Å². The van der Waals surface area contributed by atoms with Crippen LogP contribution in [0.5, 0.6) is 0 Å². The summed E-state index contributed by atoms with van der Waals surface area (Å²) in [6.45, 7) is 6.84. The topological polar surface area (TPSA) is 99.3 Å². The van der Waals surface area contributed by atoms with Crippen LogP contribution >= 0.6 is 11.8 Å². The minimum Gasteiger partial charge on any atom is -0.375 e. The van der Waals surface area contributed by atoms with Crippen LogP contribution in [0.3, 0.4) is 0 Å². The fourth-order valence-electron chi connectivity index (χ4n) is 2.99. The summed E-state index contributed by atoms with van der Waals surface area (Å²) >= 11 is 1.50. The van der Waals surface area contributed by atoms with Crippen molar-refractivity contribution in [2.45, 2.75) is 19.0 Å². The van der Waals surface area contributed by atoms with E-state index >= 15 is 0 Å². The maximum Gasteiger partial charge on any atom is 0.248 e. The Bertz CT molecular complexity index is 803. The van der Waals surface area contributed by atoms with E-state index in [9.17, 15) is 4.79 Å². The Morgan fingerprint density at radius 3 is 2.63 bits per heavy atom. The van der Waals surface area contributed by atoms with Crippen molar-refractivity contribution in [1.29, 1.82) is 0 Å². The van der Waals surface area contributed by atoms with Crippen molar-refractivity contribution in [2.75, 3.05) is 56.4 Å². The second kappa shape index (κ2) is 8.57. The molecule has 0 aromatic carbocycles. The molecule has 0 spiro atoms. The lowest BCUT2D eigenvalue weighted by atomic mass is 10.2. The van der Waals surface area contributed by atoms with Crippen molar-refractivity contribution in [2.24, 2.45) is 0 Å². The van der Waals surface area contributed by atoms with Crippen LogP contribution < -0.4 is 10.2 Å². The largest absolute Gasteiger partial charge is 0.375 e. The van der Waals surface area contributed by atoms with Crippen molar-refractivity contribution in [1.82, 2.24) is 25.1 Å². The molecule has 1 saturated heterocycles. The van der Waals surface area contributed by atoms with Gasteiger partial charge in [-0.25, -0.2) is 9.97 Å². The number of carbonyl (C=O) groups excluding carboxylic acids is 1. The molecular weight excluding hydrogens is 366 g/mol. The number of rotatable bonds is 6. The number of amides is 1. The molecular formula is C17H25N7O2S. The first-order chi connectivity index (χ1) is 13.0. The van der Waals surface area contributed by atoms with Gasteiger partial charge in [0.2, 0.25) is 5.91 Å². The van der Waals surface area contributed by atoms with E-state index in [1.807, 2.05) is 31.1 Å². The quantitative estimate of drug-likeness (QED) is 0.566. The summed E-state index contributed by atoms with van der Waals surface area (Å²) in [5.74, 6) is 2.39. The van der Waals surface area contributed by atoms with Crippen LogP contribution in [0.1, 0.15) is 11.3 Å². The maximum absolute atomic E-state index is 12.0. The Kier molecular flexibility index (Phi) is 6.17. The second-order valence-corrected chi connectivity index (χ2v) is 7.14. The van der Waals surface area contributed by atoms with Gasteiger partial charge in [0.1, 0.15) is 18.2 Å². The molecule has 2 aromatic heterocycles. The number of hydrogen-bond donors (Lipinski definition) is 2. The van der Waals surface area contributed by atoms with E-state index in [0.717, 1.165) is 41.8 Å². The fourth-order valence-corrected chi connectivity index (χ4v) is 3.35. The number of nitrogens with zero attached hydrogens (tertiary/aromatic N) is 5. The molecule has 1 aliphatic heterocycles. The maximum atomic E-state index is 12.0. The van der Waals surface area contributed by atoms with Crippen molar-refractivity contribution >= 4 is 35.1 Å². The molecule has 0 saturated carbocycles. The van der Waals surface area contributed by atoms with E-state index in [4.69, 9.17) is 9.72 Å². The number of H-pyrrole nitrogens is 1. The van der Waals surface area contributed by atoms with Crippen LogP contribution in [0, 0.1) is 13.8 Å². The van der Waals surface area contributed by atoms with Gasteiger partial charge in [-0.1, -0.05) is 11.8 Å². The predicted molar refractivity (Wildman–Crippen MR) is 106 cm³/mol. The first-order valence-electron chi connectivity index (χ1n) is 8.75. The van der Waals surface area contributed by atoms with Crippen molar-refractivity contribution < 1.29 is 9.53 Å². The van der Waals surface area contributed by atoms with E-state index in [2.05, 4.69) is 25.4 Å². The van der Waals surface area contributed by atoms with Gasteiger partial charge in [0.25, 0.3) is 0 Å². The van der Waals surface area contributed by atoms with Crippen LogP contribution in [-0.4, -0.2) is 77.1 Å². The highest BCUT2D eigenvalue weighted by Crippen LogP contribution is 2.29. The van der Waals surface area contributed by atoms with Gasteiger partial charge >= 0.3 is 0 Å². The molecule has 0 aliphatic carbocycles. The molecule has 3 heterocycles. The van der Waals surface area contributed by atoms with Gasteiger partial charge in [-0.05, 0) is 20.1 Å². The van der Waals surface area contributed by atoms with Crippen LogP contribution in [0.4, 0.5) is 17.5 Å². The summed E-state index contributed by atoms with van der Waals surface area (Å²) < 4.78 is 4.95. The molecule has 146 valence electrons. The lowest BCUT2D eigenvalue weighted by molar-refractivity contribution is -0.135. The lowest BCUT2D eigenvalue weighted by Crippen LogP contribution is -2.50. The molecule has 0 bridgehead atoms. The molecule has 1 aliphatic rings. The van der Waals surface area contributed by atoms with Crippen molar-refractivity contribution in [3.05, 3.63) is 17.3 Å². The molecule has 9 nitrogen and oxygen atoms in total. The Labute approximate surface area is 162 Å². The number of anilines is 3. The molecule has 2 aromatic rings. The third-order valence-electron chi connectivity index (χ3n) is 4.43. The number of thioether (sulfide) groups is 1. The molecule has 10 heteroatoms. The number of carbonyl (C=O) groups is 1. The van der Waals surface area contributed by atoms with E-state index in [1.54, 1.807) is 0 Å². The predicted octanol–water partition coefficient (Wildman–Crippen LogP) is 1.58. The SMILES string of the molecule is COCC(=O)N1CCN(c2nc(SC)nc(Nc3cc(C)[nH]n3)c2C)CC1. The zero-order chi connectivity index (χ0) is 19.4. The van der Waals surface area contributed by atoms with Crippen molar-refractivity contribution in [3.63, 3.8) is 0 Å². The van der Waals surface area contributed by atoms with E-state index in [-0.39, 0.29) is 12.5 Å². The van der Waals surface area contributed by atoms with Gasteiger partial charge < -0.3 is 19.9 Å². The molecule has 1 amide bonds. The van der Waals surface area contributed by atoms with Crippen LogP contribution in [0.15, 0.2) is 11.2 Å². The molecule has 27 heavy (non-hydrogen) atoms. The Morgan fingerprint density at radius 2 is 2.04 bits per heavy atom. The molecule has 0 radical (unpaired) electrons. The summed E-state index contributed by atoms with van der Waals surface area (Å²) in [6.07, 6.45) is 1.96. The number of aryl methyl sites for hydroxylation is 1. The van der Waals surface area contributed by atoms with Gasteiger partial charge in [-0.15, -0.1) is 0 Å². The summed E-state index contributed by atoms with van der Waals surface area (Å²) in [7, 11) is 1.54. The summed E-state index contributed by atoms with van der Waals surface area (Å²) in [5, 5.41) is 11.1. The average molecular weight is 392 g/mol. The van der Waals surface area contributed by atoms with E-state index in [1.165, 1.54) is 18.9 Å². The number of aromatic nitrogens is 4. The van der Waals surface area contributed by atoms with E-state index in [0.29, 0.717) is 18.2 Å². The highest BCUT2D eigenvalue weighted by Gasteiger charge is 2.24. The minimum absolute atomic E-state index is 0.0256. The standard InChI is InChI=1S/C17H25N7O2S/c1-11-9-13(22-21-11)18-15-12(2)16(20-17(19-15)27-4)24-7-5-23(6-8-24)14(25)10-26-3/h9H,5-8,10H2,1-4H3,(H2,18,19,20,21,22). The molecule has 0 atom stereocenters. The summed E-state index contributed by atoms with van der Waals surface area (Å²) in [6, 6.07) is 1.93. The highest BCUT2D eigenvalue weighted by molar-refractivity contribution is 7.98. The van der Waals surface area contributed by atoms with Gasteiger partial charge in [-0.2, -0.15) is 5.10 Å². The third-order valence-corrected chi connectivity index (χ3v) is 4.98. The first kappa shape index (κ1) is 19.4. The Morgan fingerprint density at radius 1 is 1.30 bits per heavy atom. The highest BCUT2D eigenvalue weighted by atomic mass is 32.2. The number of hydrogen-bond acceptors (Lipinski definition) is 8. The second-order valence-electron chi connectivity index (χ2n) is 6.37. The Hall–Kier alpha value is -2.33. The number of aromatic amines is 1. The van der Waals surface area contributed by atoms with Gasteiger partial charge in [-0.3, -0.25) is 9.89 Å². The van der Waals surface area contributed by atoms with E-state index < -0.39 is 0 Å². The molecule has 3 rings (SSSR count). The first-order valence-corrected chi connectivity index (χ1v) is 9.97. The lowest BCUT2D eigenvalue weighted by Gasteiger charge is -2.36. The minimum atomic E-state index is 0.0256. The molecule has 1 fully saturated rings. The monoisotopic (exact) mass is 391 g/mol. The summed E-state index contributed by atoms with van der Waals surface area (Å²) in [5.41, 5.74) is 1.94. The molecule has 0 unspecified atom stereocenters.